The lowest BCUT2D eigenvalue weighted by Gasteiger charge is -2.38. The number of hydrogen-bond acceptors (Lipinski definition) is 3. The van der Waals surface area contributed by atoms with Crippen LogP contribution < -0.4 is 5.73 Å². The fourth-order valence-corrected chi connectivity index (χ4v) is 3.10. The Morgan fingerprint density at radius 1 is 1.50 bits per heavy atom. The molecule has 2 N–H and O–H groups in total. The van der Waals surface area contributed by atoms with Gasteiger partial charge in [0.25, 0.3) is 0 Å². The van der Waals surface area contributed by atoms with E-state index in [9.17, 15) is 0 Å². The quantitative estimate of drug-likeness (QED) is 0.915. The molecule has 1 aromatic rings. The number of likely N-dealkylation sites (tertiary alicyclic amines) is 1. The van der Waals surface area contributed by atoms with Gasteiger partial charge in [0.2, 0.25) is 0 Å². The molecule has 1 aromatic heterocycles. The van der Waals surface area contributed by atoms with E-state index in [1.807, 2.05) is 14.0 Å². The number of nitrogens with zero attached hydrogens (tertiary/aromatic N) is 3. The van der Waals surface area contributed by atoms with E-state index in [2.05, 4.69) is 16.9 Å². The third-order valence-electron chi connectivity index (χ3n) is 3.90. The van der Waals surface area contributed by atoms with Gasteiger partial charge in [-0.25, -0.2) is 0 Å². The molecule has 1 saturated heterocycles. The summed E-state index contributed by atoms with van der Waals surface area (Å²) >= 11 is 6.30. The molecule has 0 saturated carbocycles. The minimum atomic E-state index is 0.209. The highest BCUT2D eigenvalue weighted by Crippen LogP contribution is 2.26. The molecule has 18 heavy (non-hydrogen) atoms. The summed E-state index contributed by atoms with van der Waals surface area (Å²) in [5.41, 5.74) is 8.27. The van der Waals surface area contributed by atoms with Crippen LogP contribution in [0.25, 0.3) is 0 Å². The summed E-state index contributed by atoms with van der Waals surface area (Å²) in [5, 5.41) is 5.12. The molecule has 0 radical (unpaired) electrons. The summed E-state index contributed by atoms with van der Waals surface area (Å²) in [4.78, 5) is 2.46. The highest BCUT2D eigenvalue weighted by Gasteiger charge is 2.27. The van der Waals surface area contributed by atoms with Crippen molar-refractivity contribution < 1.29 is 0 Å². The lowest BCUT2D eigenvalue weighted by atomic mass is 9.96. The second-order valence-electron chi connectivity index (χ2n) is 5.37. The van der Waals surface area contributed by atoms with Crippen LogP contribution in [0.15, 0.2) is 0 Å². The van der Waals surface area contributed by atoms with Crippen LogP contribution in [0.4, 0.5) is 0 Å². The van der Waals surface area contributed by atoms with Crippen molar-refractivity contribution in [3.05, 3.63) is 16.4 Å². The molecule has 2 atom stereocenters. The largest absolute Gasteiger partial charge is 0.327 e. The molecule has 0 spiro atoms. The second-order valence-corrected chi connectivity index (χ2v) is 5.73. The number of hydrogen-bond donors (Lipinski definition) is 1. The molecule has 1 aliphatic heterocycles. The standard InChI is InChI=1S/C13H23ClN4/c1-9(15)12-6-4-5-7-18(12)8-11-10(2)16-17(3)13(11)14/h9,12H,4-8,15H2,1-3H3. The van der Waals surface area contributed by atoms with Gasteiger partial charge >= 0.3 is 0 Å². The zero-order chi connectivity index (χ0) is 13.3. The van der Waals surface area contributed by atoms with E-state index in [0.717, 1.165) is 29.5 Å². The smallest absolute Gasteiger partial charge is 0.131 e. The first-order valence-electron chi connectivity index (χ1n) is 6.68. The highest BCUT2D eigenvalue weighted by atomic mass is 35.5. The molecule has 0 aromatic carbocycles. The van der Waals surface area contributed by atoms with Crippen LogP contribution in [0.5, 0.6) is 0 Å². The Hall–Kier alpha value is -0.580. The van der Waals surface area contributed by atoms with E-state index < -0.39 is 0 Å². The van der Waals surface area contributed by atoms with Crippen molar-refractivity contribution >= 4 is 11.6 Å². The van der Waals surface area contributed by atoms with E-state index in [4.69, 9.17) is 17.3 Å². The third kappa shape index (κ3) is 2.71. The van der Waals surface area contributed by atoms with Crippen LogP contribution >= 0.6 is 11.6 Å². The summed E-state index contributed by atoms with van der Waals surface area (Å²) in [6.45, 7) is 6.09. The maximum absolute atomic E-state index is 6.30. The normalized spacial score (nSPS) is 23.3. The van der Waals surface area contributed by atoms with Crippen molar-refractivity contribution in [3.8, 4) is 0 Å². The Morgan fingerprint density at radius 2 is 2.22 bits per heavy atom. The topological polar surface area (TPSA) is 47.1 Å². The van der Waals surface area contributed by atoms with Gasteiger partial charge in [-0.2, -0.15) is 5.10 Å². The molecule has 2 rings (SSSR count). The van der Waals surface area contributed by atoms with Crippen LogP contribution in [-0.4, -0.2) is 33.3 Å². The first kappa shape index (κ1) is 13.8. The van der Waals surface area contributed by atoms with E-state index in [-0.39, 0.29) is 6.04 Å². The van der Waals surface area contributed by atoms with E-state index in [1.165, 1.54) is 19.3 Å². The predicted octanol–water partition coefficient (Wildman–Crippen LogP) is 2.08. The first-order valence-corrected chi connectivity index (χ1v) is 7.06. The van der Waals surface area contributed by atoms with Crippen LogP contribution in [0.2, 0.25) is 5.15 Å². The van der Waals surface area contributed by atoms with Gasteiger partial charge in [-0.05, 0) is 33.2 Å². The maximum atomic E-state index is 6.30. The summed E-state index contributed by atoms with van der Waals surface area (Å²) in [6.07, 6.45) is 3.72. The zero-order valence-corrected chi connectivity index (χ0v) is 12.2. The van der Waals surface area contributed by atoms with Crippen molar-refractivity contribution in [2.24, 2.45) is 12.8 Å². The molecule has 2 unspecified atom stereocenters. The third-order valence-corrected chi connectivity index (χ3v) is 4.37. The minimum Gasteiger partial charge on any atom is -0.327 e. The Balaban J connectivity index is 2.16. The summed E-state index contributed by atoms with van der Waals surface area (Å²) in [5.74, 6) is 0. The Labute approximate surface area is 114 Å². The number of aromatic nitrogens is 2. The van der Waals surface area contributed by atoms with Crippen LogP contribution in [-0.2, 0) is 13.6 Å². The molecule has 102 valence electrons. The highest BCUT2D eigenvalue weighted by molar-refractivity contribution is 6.30. The minimum absolute atomic E-state index is 0.209. The number of rotatable bonds is 3. The van der Waals surface area contributed by atoms with Crippen molar-refractivity contribution in [2.75, 3.05) is 6.54 Å². The number of piperidine rings is 1. The molecular weight excluding hydrogens is 248 g/mol. The number of halogens is 1. The van der Waals surface area contributed by atoms with Gasteiger partial charge in [0.05, 0.1) is 5.69 Å². The van der Waals surface area contributed by atoms with Gasteiger partial charge in [0, 0.05) is 31.2 Å². The monoisotopic (exact) mass is 270 g/mol. The molecule has 0 bridgehead atoms. The average molecular weight is 271 g/mol. The van der Waals surface area contributed by atoms with Crippen molar-refractivity contribution in [1.82, 2.24) is 14.7 Å². The molecule has 4 nitrogen and oxygen atoms in total. The fourth-order valence-electron chi connectivity index (χ4n) is 2.87. The summed E-state index contributed by atoms with van der Waals surface area (Å²) < 4.78 is 1.75. The first-order chi connectivity index (χ1) is 8.50. The molecular formula is C13H23ClN4. The van der Waals surface area contributed by atoms with Gasteiger partial charge in [-0.3, -0.25) is 9.58 Å². The number of nitrogens with two attached hydrogens (primary N) is 1. The lowest BCUT2D eigenvalue weighted by Crippen LogP contribution is -2.48. The van der Waals surface area contributed by atoms with Gasteiger partial charge in [-0.15, -0.1) is 0 Å². The van der Waals surface area contributed by atoms with E-state index in [1.54, 1.807) is 4.68 Å². The van der Waals surface area contributed by atoms with Crippen LogP contribution in [0.3, 0.4) is 0 Å². The van der Waals surface area contributed by atoms with E-state index in [0.29, 0.717) is 6.04 Å². The average Bonchev–Trinajstić information content (AvgIpc) is 2.56. The zero-order valence-electron chi connectivity index (χ0n) is 11.5. The Bertz CT molecular complexity index is 413. The molecule has 0 amide bonds. The lowest BCUT2D eigenvalue weighted by molar-refractivity contribution is 0.123. The van der Waals surface area contributed by atoms with Crippen LogP contribution in [0, 0.1) is 6.92 Å². The maximum Gasteiger partial charge on any atom is 0.131 e. The molecule has 1 aliphatic rings. The van der Waals surface area contributed by atoms with Crippen molar-refractivity contribution in [2.45, 2.75) is 51.7 Å². The molecule has 5 heteroatoms. The van der Waals surface area contributed by atoms with Crippen molar-refractivity contribution in [3.63, 3.8) is 0 Å². The number of aryl methyl sites for hydroxylation is 2. The molecule has 2 heterocycles. The van der Waals surface area contributed by atoms with Gasteiger partial charge < -0.3 is 5.73 Å². The van der Waals surface area contributed by atoms with Gasteiger partial charge in [0.1, 0.15) is 5.15 Å². The van der Waals surface area contributed by atoms with Gasteiger partial charge in [0.15, 0.2) is 0 Å². The summed E-state index contributed by atoms with van der Waals surface area (Å²) in [6, 6.07) is 0.676. The molecule has 0 aliphatic carbocycles. The predicted molar refractivity (Wildman–Crippen MR) is 74.7 cm³/mol. The van der Waals surface area contributed by atoms with Crippen LogP contribution in [0.1, 0.15) is 37.4 Å². The summed E-state index contributed by atoms with van der Waals surface area (Å²) in [7, 11) is 1.89. The van der Waals surface area contributed by atoms with Crippen molar-refractivity contribution in [1.29, 1.82) is 0 Å². The fraction of sp³-hybridized carbons (Fsp3) is 0.769. The Kier molecular flexibility index (Phi) is 4.30. The SMILES string of the molecule is Cc1nn(C)c(Cl)c1CN1CCCCC1C(C)N. The Morgan fingerprint density at radius 3 is 2.78 bits per heavy atom. The molecule has 1 fully saturated rings. The van der Waals surface area contributed by atoms with E-state index >= 15 is 0 Å². The second kappa shape index (κ2) is 5.59. The van der Waals surface area contributed by atoms with Gasteiger partial charge in [-0.1, -0.05) is 18.0 Å².